The molecule has 2 aromatic rings. The van der Waals surface area contributed by atoms with Gasteiger partial charge in [0, 0.05) is 16.6 Å². The molecular weight excluding hydrogens is 405 g/mol. The molecule has 0 atom stereocenters. The van der Waals surface area contributed by atoms with Crippen LogP contribution in [0.25, 0.3) is 0 Å². The lowest BCUT2D eigenvalue weighted by Crippen LogP contribution is -2.26. The molecule has 0 unspecified atom stereocenters. The van der Waals surface area contributed by atoms with Crippen molar-refractivity contribution in [3.05, 3.63) is 55.1 Å². The molecule has 0 saturated heterocycles. The molecule has 1 heterocycles. The van der Waals surface area contributed by atoms with Gasteiger partial charge >= 0.3 is 0 Å². The summed E-state index contributed by atoms with van der Waals surface area (Å²) in [5, 5.41) is 7.12. The molecule has 112 valence electrons. The minimum Gasteiger partial charge on any atom is -0.378 e. The van der Waals surface area contributed by atoms with Crippen LogP contribution < -0.4 is 10.9 Å². The molecule has 0 aliphatic carbocycles. The van der Waals surface area contributed by atoms with Gasteiger partial charge in [-0.15, -0.1) is 0 Å². The smallest absolute Gasteiger partial charge is 0.283 e. The summed E-state index contributed by atoms with van der Waals surface area (Å²) in [5.41, 5.74) is 0.824. The van der Waals surface area contributed by atoms with Gasteiger partial charge in [0.05, 0.1) is 17.9 Å². The van der Waals surface area contributed by atoms with E-state index in [4.69, 9.17) is 0 Å². The number of hydrogen-bond acceptors (Lipinski definition) is 3. The molecule has 4 nitrogen and oxygen atoms in total. The quantitative estimate of drug-likeness (QED) is 0.812. The zero-order chi connectivity index (χ0) is 15.6. The van der Waals surface area contributed by atoms with E-state index in [1.165, 1.54) is 10.7 Å². The van der Waals surface area contributed by atoms with E-state index in [9.17, 15) is 9.18 Å². The Morgan fingerprint density at radius 2 is 2.10 bits per heavy atom. The van der Waals surface area contributed by atoms with Crippen molar-refractivity contribution >= 4 is 37.5 Å². The molecule has 1 aromatic heterocycles. The van der Waals surface area contributed by atoms with E-state index in [-0.39, 0.29) is 24.0 Å². The van der Waals surface area contributed by atoms with Crippen molar-refractivity contribution < 1.29 is 4.39 Å². The Morgan fingerprint density at radius 1 is 1.38 bits per heavy atom. The van der Waals surface area contributed by atoms with Gasteiger partial charge in [-0.05, 0) is 48.0 Å². The second-order valence-corrected chi connectivity index (χ2v) is 6.51. The molecular formula is C14H14Br2FN3O. The summed E-state index contributed by atoms with van der Waals surface area (Å²) in [6.07, 6.45) is 1.56. The van der Waals surface area contributed by atoms with E-state index in [2.05, 4.69) is 42.3 Å². The summed E-state index contributed by atoms with van der Waals surface area (Å²) in [6.45, 7) is 4.02. The zero-order valence-electron chi connectivity index (χ0n) is 11.5. The van der Waals surface area contributed by atoms with E-state index < -0.39 is 0 Å². The Morgan fingerprint density at radius 3 is 2.76 bits per heavy atom. The lowest BCUT2D eigenvalue weighted by atomic mass is 10.2. The van der Waals surface area contributed by atoms with Crippen molar-refractivity contribution in [3.63, 3.8) is 0 Å². The molecule has 2 rings (SSSR count). The van der Waals surface area contributed by atoms with Gasteiger partial charge in [-0.2, -0.15) is 5.10 Å². The molecule has 7 heteroatoms. The van der Waals surface area contributed by atoms with Crippen LogP contribution in [0.4, 0.5) is 10.1 Å². The fourth-order valence-corrected chi connectivity index (χ4v) is 2.64. The molecule has 1 N–H and O–H groups in total. The largest absolute Gasteiger partial charge is 0.378 e. The molecule has 1 aromatic carbocycles. The molecule has 0 bridgehead atoms. The molecule has 0 spiro atoms. The van der Waals surface area contributed by atoms with Gasteiger partial charge in [0.15, 0.2) is 0 Å². The predicted octanol–water partition coefficient (Wildman–Crippen LogP) is 4.10. The summed E-state index contributed by atoms with van der Waals surface area (Å²) < 4.78 is 16.2. The van der Waals surface area contributed by atoms with Gasteiger partial charge in [0.25, 0.3) is 5.56 Å². The highest BCUT2D eigenvalue weighted by atomic mass is 79.9. The summed E-state index contributed by atoms with van der Waals surface area (Å²) in [5.74, 6) is -0.301. The van der Waals surface area contributed by atoms with Crippen molar-refractivity contribution in [2.24, 2.45) is 0 Å². The van der Waals surface area contributed by atoms with E-state index in [1.54, 1.807) is 18.3 Å². The fraction of sp³-hybridized carbons (Fsp3) is 0.286. The number of benzene rings is 1. The maximum atomic E-state index is 13.7. The highest BCUT2D eigenvalue weighted by Crippen LogP contribution is 2.20. The maximum Gasteiger partial charge on any atom is 0.283 e. The predicted molar refractivity (Wildman–Crippen MR) is 88.0 cm³/mol. The maximum absolute atomic E-state index is 13.7. The second-order valence-electron chi connectivity index (χ2n) is 4.80. The minimum absolute atomic E-state index is 0.0228. The summed E-state index contributed by atoms with van der Waals surface area (Å²) >= 11 is 6.57. The monoisotopic (exact) mass is 417 g/mol. The number of aromatic nitrogens is 2. The normalized spacial score (nSPS) is 11.0. The van der Waals surface area contributed by atoms with E-state index in [0.717, 1.165) is 4.47 Å². The third-order valence-corrected chi connectivity index (χ3v) is 4.17. The molecule has 0 aliphatic heterocycles. The van der Waals surface area contributed by atoms with Crippen molar-refractivity contribution in [3.8, 4) is 0 Å². The van der Waals surface area contributed by atoms with Crippen molar-refractivity contribution in [1.29, 1.82) is 0 Å². The van der Waals surface area contributed by atoms with Crippen LogP contribution in [0.15, 0.2) is 38.1 Å². The summed E-state index contributed by atoms with van der Waals surface area (Å²) in [6, 6.07) is 4.70. The average molecular weight is 419 g/mol. The van der Waals surface area contributed by atoms with Crippen molar-refractivity contribution in [2.45, 2.75) is 26.4 Å². The Kier molecular flexibility index (Phi) is 5.16. The fourth-order valence-electron chi connectivity index (χ4n) is 1.81. The number of halogens is 3. The van der Waals surface area contributed by atoms with Crippen molar-refractivity contribution in [2.75, 3.05) is 5.32 Å². The zero-order valence-corrected chi connectivity index (χ0v) is 14.7. The first-order valence-electron chi connectivity index (χ1n) is 6.35. The Hall–Kier alpha value is -1.21. The number of rotatable bonds is 4. The van der Waals surface area contributed by atoms with Gasteiger partial charge in [0.1, 0.15) is 10.3 Å². The Labute approximate surface area is 138 Å². The number of hydrogen-bond donors (Lipinski definition) is 1. The summed E-state index contributed by atoms with van der Waals surface area (Å²) in [4.78, 5) is 12.1. The number of nitrogens with zero attached hydrogens (tertiary/aromatic N) is 2. The second kappa shape index (κ2) is 6.70. The first-order chi connectivity index (χ1) is 9.90. The van der Waals surface area contributed by atoms with Crippen LogP contribution in [-0.2, 0) is 6.54 Å². The standard InChI is InChI=1S/C14H14Br2FN3O/c1-8(2)20-14(21)13(16)12(7-19-20)18-6-9-5-10(15)3-4-11(9)17/h3-5,7-8,18H,6H2,1-2H3. The minimum atomic E-state index is -0.301. The SMILES string of the molecule is CC(C)n1ncc(NCc2cc(Br)ccc2F)c(Br)c1=O. The van der Waals surface area contributed by atoms with Crippen LogP contribution in [0, 0.1) is 5.82 Å². The molecule has 0 saturated carbocycles. The lowest BCUT2D eigenvalue weighted by molar-refractivity contribution is 0.501. The van der Waals surface area contributed by atoms with Gasteiger partial charge in [-0.1, -0.05) is 15.9 Å². The molecule has 0 fully saturated rings. The first kappa shape index (κ1) is 16.2. The topological polar surface area (TPSA) is 46.9 Å². The summed E-state index contributed by atoms with van der Waals surface area (Å²) in [7, 11) is 0. The van der Waals surface area contributed by atoms with Gasteiger partial charge < -0.3 is 5.32 Å². The Bertz CT molecular complexity index is 716. The highest BCUT2D eigenvalue weighted by molar-refractivity contribution is 9.10. The average Bonchev–Trinajstić information content (AvgIpc) is 2.43. The first-order valence-corrected chi connectivity index (χ1v) is 7.94. The van der Waals surface area contributed by atoms with E-state index in [0.29, 0.717) is 15.7 Å². The van der Waals surface area contributed by atoms with Crippen LogP contribution in [0.1, 0.15) is 25.5 Å². The van der Waals surface area contributed by atoms with Gasteiger partial charge in [0.2, 0.25) is 0 Å². The lowest BCUT2D eigenvalue weighted by Gasteiger charge is -2.13. The molecule has 21 heavy (non-hydrogen) atoms. The van der Waals surface area contributed by atoms with Crippen LogP contribution in [0.3, 0.4) is 0 Å². The van der Waals surface area contributed by atoms with E-state index >= 15 is 0 Å². The van der Waals surface area contributed by atoms with Crippen molar-refractivity contribution in [1.82, 2.24) is 9.78 Å². The number of nitrogens with one attached hydrogen (secondary N) is 1. The van der Waals surface area contributed by atoms with Gasteiger partial charge in [-0.3, -0.25) is 4.79 Å². The molecule has 0 aliphatic rings. The number of anilines is 1. The van der Waals surface area contributed by atoms with Gasteiger partial charge in [-0.25, -0.2) is 9.07 Å². The van der Waals surface area contributed by atoms with Crippen LogP contribution >= 0.6 is 31.9 Å². The van der Waals surface area contributed by atoms with Crippen LogP contribution in [0.5, 0.6) is 0 Å². The third kappa shape index (κ3) is 3.71. The molecule has 0 amide bonds. The third-order valence-electron chi connectivity index (χ3n) is 2.91. The molecule has 0 radical (unpaired) electrons. The van der Waals surface area contributed by atoms with E-state index in [1.807, 2.05) is 13.8 Å². The highest BCUT2D eigenvalue weighted by Gasteiger charge is 2.11. The van der Waals surface area contributed by atoms with Crippen LogP contribution in [-0.4, -0.2) is 9.78 Å². The Balaban J connectivity index is 2.23. The van der Waals surface area contributed by atoms with Crippen LogP contribution in [0.2, 0.25) is 0 Å².